The van der Waals surface area contributed by atoms with Gasteiger partial charge >= 0.3 is 0 Å². The molecule has 0 unspecified atom stereocenters. The maximum atomic E-state index is 11.7. The number of Topliss-reactive ketones (excluding diaryl/α,β-unsaturated/α-hetero) is 1. The molecule has 2 aliphatic carbocycles. The summed E-state index contributed by atoms with van der Waals surface area (Å²) in [7, 11) is 0. The van der Waals surface area contributed by atoms with E-state index in [1.54, 1.807) is 0 Å². The highest BCUT2D eigenvalue weighted by Gasteiger charge is 2.17. The van der Waals surface area contributed by atoms with E-state index >= 15 is 0 Å². The molecular weight excluding hydrogens is 160 g/mol. The van der Waals surface area contributed by atoms with Gasteiger partial charge in [-0.25, -0.2) is 0 Å². The number of fused-ring (bicyclic) bond motifs is 1. The van der Waals surface area contributed by atoms with E-state index in [-0.39, 0.29) is 0 Å². The zero-order valence-corrected chi connectivity index (χ0v) is 7.75. The zero-order chi connectivity index (χ0) is 9.10. The second-order valence-electron chi connectivity index (χ2n) is 3.60. The zero-order valence-electron chi connectivity index (χ0n) is 7.75. The molecule has 0 atom stereocenters. The minimum atomic E-state index is 0.340. The second-order valence-corrected chi connectivity index (χ2v) is 3.60. The highest BCUT2D eigenvalue weighted by Crippen LogP contribution is 2.26. The second kappa shape index (κ2) is 3.73. The molecule has 0 N–H and O–H groups in total. The predicted molar refractivity (Wildman–Crippen MR) is 53.4 cm³/mol. The summed E-state index contributed by atoms with van der Waals surface area (Å²) in [5.41, 5.74) is 2.23. The summed E-state index contributed by atoms with van der Waals surface area (Å²) < 4.78 is 0. The lowest BCUT2D eigenvalue weighted by Crippen LogP contribution is -2.01. The van der Waals surface area contributed by atoms with Gasteiger partial charge < -0.3 is 0 Å². The molecule has 0 heterocycles. The number of hydrogen-bond donors (Lipinski definition) is 0. The average molecular weight is 174 g/mol. The number of carbonyl (C=O) groups excluding carboxylic acids is 1. The van der Waals surface area contributed by atoms with Gasteiger partial charge in [-0.05, 0) is 31.3 Å². The molecule has 0 spiro atoms. The number of ketones is 1. The molecule has 0 amide bonds. The van der Waals surface area contributed by atoms with E-state index in [9.17, 15) is 4.79 Å². The van der Waals surface area contributed by atoms with Crippen molar-refractivity contribution in [1.29, 1.82) is 0 Å². The third kappa shape index (κ3) is 1.80. The maximum Gasteiger partial charge on any atom is 0.162 e. The van der Waals surface area contributed by atoms with Gasteiger partial charge in [0.1, 0.15) is 0 Å². The normalized spacial score (nSPS) is 22.6. The third-order valence-electron chi connectivity index (χ3n) is 2.64. The molecule has 2 aliphatic rings. The van der Waals surface area contributed by atoms with Crippen LogP contribution in [-0.4, -0.2) is 5.78 Å². The summed E-state index contributed by atoms with van der Waals surface area (Å²) in [6.45, 7) is 0. The largest absolute Gasteiger partial charge is 0.294 e. The van der Waals surface area contributed by atoms with Gasteiger partial charge in [0.15, 0.2) is 5.78 Å². The van der Waals surface area contributed by atoms with Crippen LogP contribution in [0, 0.1) is 0 Å². The van der Waals surface area contributed by atoms with E-state index in [0.717, 1.165) is 37.7 Å². The van der Waals surface area contributed by atoms with Gasteiger partial charge in [-0.15, -0.1) is 0 Å². The van der Waals surface area contributed by atoms with Crippen molar-refractivity contribution in [2.75, 3.05) is 0 Å². The van der Waals surface area contributed by atoms with Crippen LogP contribution in [-0.2, 0) is 4.79 Å². The fourth-order valence-electron chi connectivity index (χ4n) is 1.92. The molecule has 0 aromatic rings. The topological polar surface area (TPSA) is 17.1 Å². The van der Waals surface area contributed by atoms with Gasteiger partial charge in [-0.3, -0.25) is 4.79 Å². The van der Waals surface area contributed by atoms with Crippen molar-refractivity contribution in [3.63, 3.8) is 0 Å². The number of rotatable bonds is 0. The van der Waals surface area contributed by atoms with E-state index in [1.807, 2.05) is 0 Å². The van der Waals surface area contributed by atoms with Crippen LogP contribution >= 0.6 is 0 Å². The van der Waals surface area contributed by atoms with Gasteiger partial charge in [-0.2, -0.15) is 0 Å². The van der Waals surface area contributed by atoms with E-state index in [2.05, 4.69) is 24.3 Å². The van der Waals surface area contributed by atoms with E-state index < -0.39 is 0 Å². The lowest BCUT2D eigenvalue weighted by atomic mass is 10.00. The first-order valence-electron chi connectivity index (χ1n) is 4.97. The average Bonchev–Trinajstić information content (AvgIpc) is 2.43. The molecule has 1 nitrogen and oxygen atoms in total. The van der Waals surface area contributed by atoms with Crippen LogP contribution in [0.4, 0.5) is 0 Å². The van der Waals surface area contributed by atoms with Crippen LogP contribution in [0.5, 0.6) is 0 Å². The van der Waals surface area contributed by atoms with Gasteiger partial charge in [0.2, 0.25) is 0 Å². The first-order valence-corrected chi connectivity index (χ1v) is 4.97. The van der Waals surface area contributed by atoms with Crippen molar-refractivity contribution in [2.45, 2.75) is 32.1 Å². The van der Waals surface area contributed by atoms with Crippen LogP contribution in [0.2, 0.25) is 0 Å². The summed E-state index contributed by atoms with van der Waals surface area (Å²) in [6, 6.07) is 0. The highest BCUT2D eigenvalue weighted by atomic mass is 16.1. The van der Waals surface area contributed by atoms with Crippen LogP contribution in [0.3, 0.4) is 0 Å². The summed E-state index contributed by atoms with van der Waals surface area (Å²) >= 11 is 0. The summed E-state index contributed by atoms with van der Waals surface area (Å²) in [5, 5.41) is 0. The Bertz CT molecular complexity index is 305. The van der Waals surface area contributed by atoms with Crippen molar-refractivity contribution in [3.8, 4) is 0 Å². The fourth-order valence-corrected chi connectivity index (χ4v) is 1.92. The Morgan fingerprint density at radius 2 is 2.00 bits per heavy atom. The molecule has 2 rings (SSSR count). The number of allylic oxidation sites excluding steroid dienone is 6. The lowest BCUT2D eigenvalue weighted by Gasteiger charge is -2.03. The molecular formula is C12H14O. The molecule has 0 radical (unpaired) electrons. The molecule has 0 bridgehead atoms. The Morgan fingerprint density at radius 1 is 1.15 bits per heavy atom. The molecule has 68 valence electrons. The van der Waals surface area contributed by atoms with Crippen LogP contribution in [0.15, 0.2) is 35.5 Å². The summed E-state index contributed by atoms with van der Waals surface area (Å²) in [6.07, 6.45) is 13.3. The van der Waals surface area contributed by atoms with Crippen molar-refractivity contribution in [2.24, 2.45) is 0 Å². The lowest BCUT2D eigenvalue weighted by molar-refractivity contribution is -0.115. The SMILES string of the molecule is O=C1CCCCC2=CC=CCC=C12. The highest BCUT2D eigenvalue weighted by molar-refractivity contribution is 6.00. The molecule has 0 aromatic heterocycles. The smallest absolute Gasteiger partial charge is 0.162 e. The Morgan fingerprint density at radius 3 is 2.92 bits per heavy atom. The number of hydrogen-bond acceptors (Lipinski definition) is 1. The molecule has 1 heteroatoms. The molecule has 1 saturated carbocycles. The standard InChI is InChI=1S/C12H14O/c13-12-9-5-4-7-10-6-2-1-3-8-11(10)12/h1-2,6,8H,3-5,7,9H2. The van der Waals surface area contributed by atoms with Crippen LogP contribution in [0.1, 0.15) is 32.1 Å². The summed E-state index contributed by atoms with van der Waals surface area (Å²) in [4.78, 5) is 11.7. The quantitative estimate of drug-likeness (QED) is 0.551. The molecule has 1 fully saturated rings. The molecule has 13 heavy (non-hydrogen) atoms. The van der Waals surface area contributed by atoms with Crippen molar-refractivity contribution < 1.29 is 4.79 Å². The minimum absolute atomic E-state index is 0.340. The van der Waals surface area contributed by atoms with E-state index in [1.165, 1.54) is 5.57 Å². The van der Waals surface area contributed by atoms with Crippen LogP contribution < -0.4 is 0 Å². The van der Waals surface area contributed by atoms with Crippen molar-refractivity contribution in [3.05, 3.63) is 35.5 Å². The van der Waals surface area contributed by atoms with Crippen LogP contribution in [0.25, 0.3) is 0 Å². The Hall–Kier alpha value is -1.11. The predicted octanol–water partition coefficient (Wildman–Crippen LogP) is 2.94. The van der Waals surface area contributed by atoms with Gasteiger partial charge in [0.25, 0.3) is 0 Å². The molecule has 0 saturated heterocycles. The van der Waals surface area contributed by atoms with Gasteiger partial charge in [0.05, 0.1) is 0 Å². The van der Waals surface area contributed by atoms with E-state index in [4.69, 9.17) is 0 Å². The first-order chi connectivity index (χ1) is 6.38. The van der Waals surface area contributed by atoms with Gasteiger partial charge in [0, 0.05) is 12.0 Å². The Kier molecular flexibility index (Phi) is 2.44. The molecule has 0 aliphatic heterocycles. The third-order valence-corrected chi connectivity index (χ3v) is 2.64. The summed E-state index contributed by atoms with van der Waals surface area (Å²) in [5.74, 6) is 0.340. The Balaban J connectivity index is 2.35. The Labute approximate surface area is 78.8 Å². The van der Waals surface area contributed by atoms with Crippen molar-refractivity contribution in [1.82, 2.24) is 0 Å². The monoisotopic (exact) mass is 174 g/mol. The minimum Gasteiger partial charge on any atom is -0.294 e. The maximum absolute atomic E-state index is 11.7. The van der Waals surface area contributed by atoms with Crippen molar-refractivity contribution >= 4 is 5.78 Å². The fraction of sp³-hybridized carbons (Fsp3) is 0.417. The van der Waals surface area contributed by atoms with E-state index in [0.29, 0.717) is 5.78 Å². The van der Waals surface area contributed by atoms with Gasteiger partial charge in [-0.1, -0.05) is 24.3 Å². The molecule has 0 aromatic carbocycles. The first kappa shape index (κ1) is 8.49. The number of carbonyl (C=O) groups is 1.